The van der Waals surface area contributed by atoms with E-state index in [4.69, 9.17) is 9.76 Å². The molecule has 0 spiro atoms. The van der Waals surface area contributed by atoms with Crippen molar-refractivity contribution in [2.24, 2.45) is 0 Å². The summed E-state index contributed by atoms with van der Waals surface area (Å²) >= 11 is 0. The molecule has 0 unspecified atom stereocenters. The minimum Gasteiger partial charge on any atom is -0.535 e. The Bertz CT molecular complexity index is 345. The fourth-order valence-electron chi connectivity index (χ4n) is 0.837. The van der Waals surface area contributed by atoms with Crippen molar-refractivity contribution < 1.29 is 19.2 Å². The molecule has 1 N–H and O–H groups in total. The van der Waals surface area contributed by atoms with Gasteiger partial charge < -0.3 is 14.4 Å². The lowest BCUT2D eigenvalue weighted by molar-refractivity contribution is 0.0514. The van der Waals surface area contributed by atoms with E-state index in [9.17, 15) is 4.79 Å². The Hall–Kier alpha value is -1.50. The van der Waals surface area contributed by atoms with Gasteiger partial charge in [0, 0.05) is 0 Å². The Labute approximate surface area is 88.1 Å². The van der Waals surface area contributed by atoms with Gasteiger partial charge in [-0.1, -0.05) is 0 Å². The van der Waals surface area contributed by atoms with Crippen molar-refractivity contribution in [3.63, 3.8) is 0 Å². The van der Waals surface area contributed by atoms with Crippen molar-refractivity contribution in [2.75, 3.05) is 0 Å². The van der Waals surface area contributed by atoms with Crippen LogP contribution in [0.25, 0.3) is 0 Å². The number of rotatable bonds is 2. The van der Waals surface area contributed by atoms with E-state index in [1.807, 2.05) is 0 Å². The van der Waals surface area contributed by atoms with Gasteiger partial charge in [0.25, 0.3) is 0 Å². The molecular weight excluding hydrogens is 199 g/mol. The number of carbonyl (C=O) groups is 1. The Morgan fingerprint density at radius 3 is 2.80 bits per heavy atom. The highest BCUT2D eigenvalue weighted by atomic mass is 16.6. The van der Waals surface area contributed by atoms with Gasteiger partial charge in [-0.05, 0) is 20.8 Å². The lowest BCUT2D eigenvalue weighted by atomic mass is 10.2. The van der Waals surface area contributed by atoms with Crippen LogP contribution >= 0.6 is 0 Å². The monoisotopic (exact) mass is 211 g/mol. The summed E-state index contributed by atoms with van der Waals surface area (Å²) in [6.07, 6.45) is 1.99. The Balaban J connectivity index is 2.66. The normalized spacial score (nSPS) is 10.9. The van der Waals surface area contributed by atoms with E-state index in [1.54, 1.807) is 20.8 Å². The van der Waals surface area contributed by atoms with Gasteiger partial charge in [-0.15, -0.1) is 0 Å². The average molecular weight is 211 g/mol. The average Bonchev–Trinajstić information content (AvgIpc) is 2.50. The summed E-state index contributed by atoms with van der Waals surface area (Å²) < 4.78 is 10.6. The number of hydrogen-bond donors (Lipinski definition) is 1. The van der Waals surface area contributed by atoms with E-state index in [1.165, 1.54) is 12.4 Å². The minimum absolute atomic E-state index is 0.253. The summed E-state index contributed by atoms with van der Waals surface area (Å²) in [5.41, 5.74) is -0.576. The molecule has 0 aliphatic rings. The maximum Gasteiger partial charge on any atom is 0.569 e. The zero-order chi connectivity index (χ0) is 11.5. The van der Waals surface area contributed by atoms with Gasteiger partial charge in [0.05, 0.1) is 12.4 Å². The third-order valence-electron chi connectivity index (χ3n) is 1.33. The number of hydrogen-bond acceptors (Lipinski definition) is 5. The van der Waals surface area contributed by atoms with Gasteiger partial charge in [0.15, 0.2) is 0 Å². The van der Waals surface area contributed by atoms with Gasteiger partial charge in [-0.25, -0.2) is 4.79 Å². The molecule has 81 valence electrons. The van der Waals surface area contributed by atoms with Crippen molar-refractivity contribution in [3.05, 3.63) is 12.4 Å². The topological polar surface area (TPSA) is 73.6 Å². The van der Waals surface area contributed by atoms with Crippen molar-refractivity contribution in [3.8, 4) is 5.75 Å². The fraction of sp³-hybridized carbons (Fsp3) is 0.500. The Morgan fingerprint density at radius 1 is 1.60 bits per heavy atom. The Morgan fingerprint density at radius 2 is 2.27 bits per heavy atom. The molecule has 0 aromatic carbocycles. The van der Waals surface area contributed by atoms with Crippen molar-refractivity contribution in [1.29, 1.82) is 0 Å². The van der Waals surface area contributed by atoms with Crippen LogP contribution in [-0.2, 0) is 4.74 Å². The van der Waals surface area contributed by atoms with Gasteiger partial charge in [0.2, 0.25) is 0 Å². The third kappa shape index (κ3) is 3.63. The standard InChI is InChI=1S/C8H12BN2O4/c1-8(2,3)14-7(12)11-5-6(4-10-11)15-9-13/h4-5,13H,1-3H3. The summed E-state index contributed by atoms with van der Waals surface area (Å²) in [5.74, 6) is 0.253. The lowest BCUT2D eigenvalue weighted by Crippen LogP contribution is -2.27. The molecule has 0 fully saturated rings. The number of aromatic nitrogens is 2. The molecule has 0 aliphatic heterocycles. The number of nitrogens with zero attached hydrogens (tertiary/aromatic N) is 2. The molecule has 15 heavy (non-hydrogen) atoms. The molecule has 1 heterocycles. The zero-order valence-corrected chi connectivity index (χ0v) is 8.80. The van der Waals surface area contributed by atoms with Crippen LogP contribution < -0.4 is 4.65 Å². The van der Waals surface area contributed by atoms with E-state index in [0.717, 1.165) is 4.68 Å². The highest BCUT2D eigenvalue weighted by molar-refractivity contribution is 6.17. The second-order valence-corrected chi connectivity index (χ2v) is 3.82. The van der Waals surface area contributed by atoms with Crippen LogP contribution in [0, 0.1) is 0 Å². The predicted molar refractivity (Wildman–Crippen MR) is 52.5 cm³/mol. The van der Waals surface area contributed by atoms with E-state index >= 15 is 0 Å². The molecular formula is C8H12BN2O4. The van der Waals surface area contributed by atoms with Crippen LogP contribution in [0.4, 0.5) is 4.79 Å². The summed E-state index contributed by atoms with van der Waals surface area (Å²) in [6, 6.07) is 0. The molecule has 1 aromatic rings. The number of ether oxygens (including phenoxy) is 1. The highest BCUT2D eigenvalue weighted by Crippen LogP contribution is 2.11. The molecule has 0 amide bonds. The van der Waals surface area contributed by atoms with Crippen molar-refractivity contribution in [1.82, 2.24) is 9.78 Å². The first-order chi connectivity index (χ1) is 6.92. The van der Waals surface area contributed by atoms with Crippen LogP contribution in [0.1, 0.15) is 20.8 Å². The van der Waals surface area contributed by atoms with Crippen molar-refractivity contribution in [2.45, 2.75) is 26.4 Å². The SMILES string of the molecule is CC(C)(C)OC(=O)n1cc(O[B]O)cn1. The second kappa shape index (κ2) is 4.35. The molecule has 7 heteroatoms. The van der Waals surface area contributed by atoms with Crippen molar-refractivity contribution >= 4 is 13.8 Å². The molecule has 0 bridgehead atoms. The molecule has 0 saturated carbocycles. The van der Waals surface area contributed by atoms with E-state index in [-0.39, 0.29) is 5.75 Å². The quantitative estimate of drug-likeness (QED) is 0.723. The van der Waals surface area contributed by atoms with Gasteiger partial charge in [0.1, 0.15) is 11.4 Å². The molecule has 0 saturated heterocycles. The van der Waals surface area contributed by atoms with Crippen LogP contribution in [0.2, 0.25) is 0 Å². The minimum atomic E-state index is -0.602. The second-order valence-electron chi connectivity index (χ2n) is 3.82. The largest absolute Gasteiger partial charge is 0.569 e. The van der Waals surface area contributed by atoms with E-state index < -0.39 is 11.7 Å². The summed E-state index contributed by atoms with van der Waals surface area (Å²) in [6.45, 7) is 5.27. The van der Waals surface area contributed by atoms with Crippen LogP contribution in [-0.4, -0.2) is 34.2 Å². The molecule has 1 rings (SSSR count). The molecule has 1 aromatic heterocycles. The summed E-state index contributed by atoms with van der Waals surface area (Å²) in [7, 11) is 0.510. The maximum atomic E-state index is 11.4. The van der Waals surface area contributed by atoms with Crippen LogP contribution in [0.5, 0.6) is 5.75 Å². The van der Waals surface area contributed by atoms with Gasteiger partial charge >= 0.3 is 13.8 Å². The smallest absolute Gasteiger partial charge is 0.535 e. The zero-order valence-electron chi connectivity index (χ0n) is 8.80. The van der Waals surface area contributed by atoms with Crippen LogP contribution in [0.15, 0.2) is 12.4 Å². The summed E-state index contributed by atoms with van der Waals surface area (Å²) in [5, 5.41) is 12.1. The van der Waals surface area contributed by atoms with Gasteiger partial charge in [-0.2, -0.15) is 9.78 Å². The lowest BCUT2D eigenvalue weighted by Gasteiger charge is -2.18. The fourth-order valence-corrected chi connectivity index (χ4v) is 0.837. The summed E-state index contributed by atoms with van der Waals surface area (Å²) in [4.78, 5) is 11.4. The molecule has 0 atom stereocenters. The van der Waals surface area contributed by atoms with E-state index in [0.29, 0.717) is 7.69 Å². The third-order valence-corrected chi connectivity index (χ3v) is 1.33. The molecule has 1 radical (unpaired) electrons. The molecule has 0 aliphatic carbocycles. The predicted octanol–water partition coefficient (Wildman–Crippen LogP) is 0.572. The highest BCUT2D eigenvalue weighted by Gasteiger charge is 2.18. The first-order valence-corrected chi connectivity index (χ1v) is 4.33. The number of carbonyl (C=O) groups excluding carboxylic acids is 1. The van der Waals surface area contributed by atoms with E-state index in [2.05, 4.69) is 9.75 Å². The first-order valence-electron chi connectivity index (χ1n) is 4.33. The molecule has 6 nitrogen and oxygen atoms in total. The first kappa shape index (κ1) is 11.6. The van der Waals surface area contributed by atoms with Gasteiger partial charge in [-0.3, -0.25) is 0 Å². The van der Waals surface area contributed by atoms with Crippen LogP contribution in [0.3, 0.4) is 0 Å². The Kier molecular flexibility index (Phi) is 3.36. The maximum absolute atomic E-state index is 11.4.